The van der Waals surface area contributed by atoms with E-state index in [1.807, 2.05) is 46.8 Å². The van der Waals surface area contributed by atoms with Crippen molar-refractivity contribution in [2.24, 2.45) is 0 Å². The Morgan fingerprint density at radius 2 is 2.00 bits per heavy atom. The summed E-state index contributed by atoms with van der Waals surface area (Å²) in [6, 6.07) is 9.73. The van der Waals surface area contributed by atoms with E-state index in [-0.39, 0.29) is 5.91 Å². The summed E-state index contributed by atoms with van der Waals surface area (Å²) in [6.45, 7) is 5.18. The van der Waals surface area contributed by atoms with Crippen molar-refractivity contribution in [2.45, 2.75) is 13.5 Å². The van der Waals surface area contributed by atoms with Crippen molar-refractivity contribution in [1.29, 1.82) is 0 Å². The van der Waals surface area contributed by atoms with Gasteiger partial charge in [-0.3, -0.25) is 9.48 Å². The molecule has 0 atom stereocenters. The van der Waals surface area contributed by atoms with E-state index in [0.717, 1.165) is 31.4 Å². The number of fused-ring (bicyclic) bond motifs is 1. The number of hydrogen-bond acceptors (Lipinski definition) is 4. The van der Waals surface area contributed by atoms with Gasteiger partial charge in [0.2, 0.25) is 0 Å². The maximum atomic E-state index is 12.7. The molecular weight excluding hydrogens is 358 g/mol. The zero-order valence-electron chi connectivity index (χ0n) is 13.9. The third kappa shape index (κ3) is 3.29. The van der Waals surface area contributed by atoms with E-state index < -0.39 is 0 Å². The number of benzene rings is 1. The van der Waals surface area contributed by atoms with Gasteiger partial charge in [-0.2, -0.15) is 5.10 Å². The SMILES string of the molecule is Cc1nn(Cc2ccc(Cl)cc2)c2sc(C(=O)N3CCOCC3)cc12. The fourth-order valence-electron chi connectivity index (χ4n) is 3.01. The predicted molar refractivity (Wildman–Crippen MR) is 99.6 cm³/mol. The molecule has 1 amide bonds. The van der Waals surface area contributed by atoms with Gasteiger partial charge in [0, 0.05) is 23.5 Å². The second-order valence-electron chi connectivity index (χ2n) is 6.10. The molecule has 1 aliphatic rings. The van der Waals surface area contributed by atoms with Gasteiger partial charge in [-0.05, 0) is 30.7 Å². The molecule has 7 heteroatoms. The van der Waals surface area contributed by atoms with E-state index in [4.69, 9.17) is 16.3 Å². The number of aryl methyl sites for hydroxylation is 1. The van der Waals surface area contributed by atoms with Gasteiger partial charge in [-0.1, -0.05) is 23.7 Å². The Hall–Kier alpha value is -1.89. The summed E-state index contributed by atoms with van der Waals surface area (Å²) < 4.78 is 7.30. The number of amides is 1. The van der Waals surface area contributed by atoms with Crippen molar-refractivity contribution < 1.29 is 9.53 Å². The molecule has 4 rings (SSSR count). The van der Waals surface area contributed by atoms with Crippen LogP contribution >= 0.6 is 22.9 Å². The summed E-state index contributed by atoms with van der Waals surface area (Å²) >= 11 is 7.47. The van der Waals surface area contributed by atoms with E-state index in [0.29, 0.717) is 32.8 Å². The van der Waals surface area contributed by atoms with E-state index in [9.17, 15) is 4.79 Å². The molecule has 130 valence electrons. The summed E-state index contributed by atoms with van der Waals surface area (Å²) in [5.74, 6) is 0.0851. The first-order chi connectivity index (χ1) is 12.1. The summed E-state index contributed by atoms with van der Waals surface area (Å²) in [5, 5.41) is 6.40. The Labute approximate surface area is 154 Å². The molecule has 3 heterocycles. The Morgan fingerprint density at radius 1 is 1.28 bits per heavy atom. The Kier molecular flexibility index (Phi) is 4.50. The summed E-state index contributed by atoms with van der Waals surface area (Å²) in [6.07, 6.45) is 0. The monoisotopic (exact) mass is 375 g/mol. The third-order valence-corrected chi connectivity index (χ3v) is 5.75. The average Bonchev–Trinajstić information content (AvgIpc) is 3.19. The molecule has 0 bridgehead atoms. The summed E-state index contributed by atoms with van der Waals surface area (Å²) in [7, 11) is 0. The van der Waals surface area contributed by atoms with Gasteiger partial charge in [0.05, 0.1) is 30.3 Å². The lowest BCUT2D eigenvalue weighted by Crippen LogP contribution is -2.40. The van der Waals surface area contributed by atoms with Crippen LogP contribution in [0.15, 0.2) is 30.3 Å². The normalized spacial score (nSPS) is 15.0. The molecule has 0 spiro atoms. The lowest BCUT2D eigenvalue weighted by atomic mass is 10.2. The number of carbonyl (C=O) groups excluding carboxylic acids is 1. The number of hydrogen-bond donors (Lipinski definition) is 0. The average molecular weight is 376 g/mol. The maximum absolute atomic E-state index is 12.7. The predicted octanol–water partition coefficient (Wildman–Crippen LogP) is 3.58. The fraction of sp³-hybridized carbons (Fsp3) is 0.333. The minimum atomic E-state index is 0.0851. The summed E-state index contributed by atoms with van der Waals surface area (Å²) in [5.41, 5.74) is 2.07. The van der Waals surface area contributed by atoms with Crippen LogP contribution < -0.4 is 0 Å². The Morgan fingerprint density at radius 3 is 2.72 bits per heavy atom. The molecule has 1 fully saturated rings. The van der Waals surface area contributed by atoms with Gasteiger partial charge in [0.15, 0.2) is 0 Å². The van der Waals surface area contributed by atoms with E-state index in [1.54, 1.807) is 0 Å². The molecule has 5 nitrogen and oxygen atoms in total. The molecule has 1 aliphatic heterocycles. The van der Waals surface area contributed by atoms with Crippen LogP contribution in [0.1, 0.15) is 20.9 Å². The number of rotatable bonds is 3. The highest BCUT2D eigenvalue weighted by atomic mass is 35.5. The van der Waals surface area contributed by atoms with Crippen LogP contribution in [-0.2, 0) is 11.3 Å². The standard InChI is InChI=1S/C18H18ClN3O2S/c1-12-15-10-16(17(23)21-6-8-24-9-7-21)25-18(15)22(20-12)11-13-2-4-14(19)5-3-13/h2-5,10H,6-9,11H2,1H3. The minimum absolute atomic E-state index is 0.0851. The van der Waals surface area contributed by atoms with Gasteiger partial charge in [0.1, 0.15) is 4.83 Å². The zero-order valence-corrected chi connectivity index (χ0v) is 15.4. The van der Waals surface area contributed by atoms with Crippen LogP contribution in [0, 0.1) is 6.92 Å². The largest absolute Gasteiger partial charge is 0.378 e. The number of halogens is 1. The molecule has 2 aromatic heterocycles. The number of carbonyl (C=O) groups is 1. The van der Waals surface area contributed by atoms with Crippen LogP contribution in [0.2, 0.25) is 5.02 Å². The molecule has 0 N–H and O–H groups in total. The number of thiophene rings is 1. The highest BCUT2D eigenvalue weighted by Gasteiger charge is 2.22. The van der Waals surface area contributed by atoms with Crippen LogP contribution in [0.5, 0.6) is 0 Å². The van der Waals surface area contributed by atoms with Gasteiger partial charge in [-0.15, -0.1) is 11.3 Å². The Bertz CT molecular complexity index is 910. The number of nitrogens with zero attached hydrogens (tertiary/aromatic N) is 3. The third-order valence-electron chi connectivity index (χ3n) is 4.36. The number of ether oxygens (including phenoxy) is 1. The molecular formula is C18H18ClN3O2S. The van der Waals surface area contributed by atoms with Crippen molar-refractivity contribution in [3.05, 3.63) is 51.5 Å². The highest BCUT2D eigenvalue weighted by Crippen LogP contribution is 2.30. The second-order valence-corrected chi connectivity index (χ2v) is 7.57. The summed E-state index contributed by atoms with van der Waals surface area (Å²) in [4.78, 5) is 16.4. The first-order valence-corrected chi connectivity index (χ1v) is 9.39. The zero-order chi connectivity index (χ0) is 17.4. The first-order valence-electron chi connectivity index (χ1n) is 8.20. The van der Waals surface area contributed by atoms with Crippen molar-refractivity contribution in [1.82, 2.24) is 14.7 Å². The Balaban J connectivity index is 1.64. The molecule has 0 radical (unpaired) electrons. The first kappa shape index (κ1) is 16.6. The van der Waals surface area contributed by atoms with Crippen LogP contribution in [0.3, 0.4) is 0 Å². The quantitative estimate of drug-likeness (QED) is 0.703. The van der Waals surface area contributed by atoms with Gasteiger partial charge in [0.25, 0.3) is 5.91 Å². The van der Waals surface area contributed by atoms with Crippen LogP contribution in [0.25, 0.3) is 10.2 Å². The van der Waals surface area contributed by atoms with E-state index >= 15 is 0 Å². The van der Waals surface area contributed by atoms with Crippen LogP contribution in [0.4, 0.5) is 0 Å². The second kappa shape index (κ2) is 6.78. The van der Waals surface area contributed by atoms with E-state index in [2.05, 4.69) is 5.10 Å². The van der Waals surface area contributed by atoms with Crippen molar-refractivity contribution in [2.75, 3.05) is 26.3 Å². The van der Waals surface area contributed by atoms with Gasteiger partial charge < -0.3 is 9.64 Å². The maximum Gasteiger partial charge on any atom is 0.264 e. The molecule has 3 aromatic rings. The lowest BCUT2D eigenvalue weighted by molar-refractivity contribution is 0.0306. The smallest absolute Gasteiger partial charge is 0.264 e. The molecule has 0 saturated carbocycles. The lowest BCUT2D eigenvalue weighted by Gasteiger charge is -2.26. The fourth-order valence-corrected chi connectivity index (χ4v) is 4.27. The minimum Gasteiger partial charge on any atom is -0.378 e. The molecule has 0 unspecified atom stereocenters. The number of morpholine rings is 1. The molecule has 25 heavy (non-hydrogen) atoms. The molecule has 1 saturated heterocycles. The number of aromatic nitrogens is 2. The van der Waals surface area contributed by atoms with Gasteiger partial charge in [-0.25, -0.2) is 0 Å². The van der Waals surface area contributed by atoms with Crippen molar-refractivity contribution >= 4 is 39.1 Å². The molecule has 1 aromatic carbocycles. The van der Waals surface area contributed by atoms with Gasteiger partial charge >= 0.3 is 0 Å². The van der Waals surface area contributed by atoms with Crippen molar-refractivity contribution in [3.8, 4) is 0 Å². The topological polar surface area (TPSA) is 47.4 Å². The highest BCUT2D eigenvalue weighted by molar-refractivity contribution is 7.20. The van der Waals surface area contributed by atoms with Crippen molar-refractivity contribution in [3.63, 3.8) is 0 Å². The molecule has 0 aliphatic carbocycles. The van der Waals surface area contributed by atoms with E-state index in [1.165, 1.54) is 11.3 Å². The van der Waals surface area contributed by atoms with Crippen LogP contribution in [-0.4, -0.2) is 46.9 Å².